The van der Waals surface area contributed by atoms with Crippen molar-refractivity contribution in [3.63, 3.8) is 0 Å². The molecule has 1 aromatic carbocycles. The lowest BCUT2D eigenvalue weighted by molar-refractivity contribution is 0.117. The molecule has 0 aliphatic carbocycles. The Morgan fingerprint density at radius 1 is 1.12 bits per heavy atom. The maximum atomic E-state index is 5.84. The van der Waals surface area contributed by atoms with Crippen LogP contribution >= 0.6 is 35.3 Å². The molecule has 0 radical (unpaired) electrons. The highest BCUT2D eigenvalue weighted by Crippen LogP contribution is 2.07. The van der Waals surface area contributed by atoms with Gasteiger partial charge in [0.15, 0.2) is 5.96 Å². The van der Waals surface area contributed by atoms with Crippen molar-refractivity contribution in [1.29, 1.82) is 0 Å². The summed E-state index contributed by atoms with van der Waals surface area (Å²) in [4.78, 5) is 5.69. The molecule has 0 fully saturated rings. The normalized spacial score (nSPS) is 11.1. The molecule has 0 unspecified atom stereocenters. The quantitative estimate of drug-likeness (QED) is 0.246. The summed E-state index contributed by atoms with van der Waals surface area (Å²) in [6.45, 7) is 3.01. The van der Waals surface area contributed by atoms with E-state index >= 15 is 0 Å². The van der Waals surface area contributed by atoms with E-state index in [2.05, 4.69) is 40.0 Å². The van der Waals surface area contributed by atoms with Crippen LogP contribution in [0, 0.1) is 0 Å². The van der Waals surface area contributed by atoms with Gasteiger partial charge in [-0.3, -0.25) is 4.99 Å². The summed E-state index contributed by atoms with van der Waals surface area (Å²) >= 11 is 1.77. The minimum absolute atomic E-state index is 0. The smallest absolute Gasteiger partial charge is 0.188 e. The van der Waals surface area contributed by atoms with Gasteiger partial charge in [0.05, 0.1) is 6.61 Å². The van der Waals surface area contributed by atoms with Crippen LogP contribution in [0.2, 0.25) is 0 Å². The largest absolute Gasteiger partial charge is 0.377 e. The van der Waals surface area contributed by atoms with Gasteiger partial charge in [0.1, 0.15) is 0 Å². The highest BCUT2D eigenvalue weighted by atomic mass is 127. The fourth-order valence-electron chi connectivity index (χ4n) is 2.10. The second kappa shape index (κ2) is 13.2. The van der Waals surface area contributed by atoms with Crippen molar-refractivity contribution in [1.82, 2.24) is 5.32 Å². The molecule has 6 heteroatoms. The van der Waals surface area contributed by atoms with E-state index in [9.17, 15) is 0 Å². The molecular formula is C18H26IN3OS. The Morgan fingerprint density at radius 3 is 2.71 bits per heavy atom. The number of benzene rings is 1. The predicted octanol–water partition coefficient (Wildman–Crippen LogP) is 3.81. The Balaban J connectivity index is 0.00000288. The van der Waals surface area contributed by atoms with Gasteiger partial charge >= 0.3 is 0 Å². The van der Waals surface area contributed by atoms with Crippen LogP contribution in [-0.4, -0.2) is 25.7 Å². The number of ether oxygens (including phenoxy) is 1. The van der Waals surface area contributed by atoms with Crippen LogP contribution in [0.15, 0.2) is 52.8 Å². The van der Waals surface area contributed by atoms with Crippen molar-refractivity contribution in [3.8, 4) is 0 Å². The predicted molar refractivity (Wildman–Crippen MR) is 113 cm³/mol. The van der Waals surface area contributed by atoms with E-state index in [0.717, 1.165) is 39.0 Å². The number of thiophene rings is 1. The third kappa shape index (κ3) is 9.24. The van der Waals surface area contributed by atoms with E-state index in [4.69, 9.17) is 10.5 Å². The van der Waals surface area contributed by atoms with E-state index in [-0.39, 0.29) is 24.0 Å². The van der Waals surface area contributed by atoms with E-state index in [1.54, 1.807) is 11.3 Å². The van der Waals surface area contributed by atoms with Crippen molar-refractivity contribution in [2.75, 3.05) is 19.7 Å². The average molecular weight is 459 g/mol. The van der Waals surface area contributed by atoms with Crippen molar-refractivity contribution in [2.45, 2.75) is 25.9 Å². The van der Waals surface area contributed by atoms with Crippen molar-refractivity contribution in [3.05, 3.63) is 58.3 Å². The van der Waals surface area contributed by atoms with Crippen molar-refractivity contribution < 1.29 is 4.74 Å². The monoisotopic (exact) mass is 459 g/mol. The molecule has 1 heterocycles. The first kappa shape index (κ1) is 20.9. The first-order chi connectivity index (χ1) is 11.3. The van der Waals surface area contributed by atoms with Gasteiger partial charge in [0.25, 0.3) is 0 Å². The summed E-state index contributed by atoms with van der Waals surface area (Å²) in [5, 5.41) is 5.24. The van der Waals surface area contributed by atoms with Crippen molar-refractivity contribution in [2.24, 2.45) is 10.7 Å². The SMILES string of the molecule is I.NC(=NCCCCOCc1ccccc1)NCCc1cccs1. The molecule has 0 aliphatic rings. The lowest BCUT2D eigenvalue weighted by Crippen LogP contribution is -2.33. The summed E-state index contributed by atoms with van der Waals surface area (Å²) in [5.41, 5.74) is 7.05. The molecule has 4 nitrogen and oxygen atoms in total. The molecule has 0 bridgehead atoms. The Morgan fingerprint density at radius 2 is 1.96 bits per heavy atom. The summed E-state index contributed by atoms with van der Waals surface area (Å²) in [7, 11) is 0. The van der Waals surface area contributed by atoms with Crippen LogP contribution in [0.4, 0.5) is 0 Å². The van der Waals surface area contributed by atoms with Gasteiger partial charge in [-0.15, -0.1) is 35.3 Å². The summed E-state index contributed by atoms with van der Waals surface area (Å²) < 4.78 is 5.64. The Kier molecular flexibility index (Phi) is 11.5. The Bertz CT molecular complexity index is 561. The zero-order valence-electron chi connectivity index (χ0n) is 13.8. The number of hydrogen-bond donors (Lipinski definition) is 2. The first-order valence-electron chi connectivity index (χ1n) is 8.02. The molecule has 0 spiro atoms. The molecule has 0 atom stereocenters. The molecule has 24 heavy (non-hydrogen) atoms. The zero-order chi connectivity index (χ0) is 16.2. The molecule has 0 amide bonds. The maximum absolute atomic E-state index is 5.84. The van der Waals surface area contributed by atoms with E-state index < -0.39 is 0 Å². The Hall–Kier alpha value is -1.12. The van der Waals surface area contributed by atoms with Crippen LogP contribution in [0.25, 0.3) is 0 Å². The second-order valence-electron chi connectivity index (χ2n) is 5.27. The number of unbranched alkanes of at least 4 members (excludes halogenated alkanes) is 1. The average Bonchev–Trinajstić information content (AvgIpc) is 3.08. The number of rotatable bonds is 10. The zero-order valence-corrected chi connectivity index (χ0v) is 17.0. The number of nitrogens with one attached hydrogen (secondary N) is 1. The fraction of sp³-hybridized carbons (Fsp3) is 0.389. The van der Waals surface area contributed by atoms with Crippen LogP contribution in [-0.2, 0) is 17.8 Å². The lowest BCUT2D eigenvalue weighted by atomic mass is 10.2. The van der Waals surface area contributed by atoms with Gasteiger partial charge in [-0.2, -0.15) is 0 Å². The molecule has 0 saturated heterocycles. The summed E-state index contributed by atoms with van der Waals surface area (Å²) in [6, 6.07) is 14.4. The summed E-state index contributed by atoms with van der Waals surface area (Å²) in [6.07, 6.45) is 2.97. The molecule has 2 rings (SSSR count). The number of nitrogens with zero attached hydrogens (tertiary/aromatic N) is 1. The number of hydrogen-bond acceptors (Lipinski definition) is 3. The molecule has 0 aliphatic heterocycles. The number of aliphatic imine (C=N–C) groups is 1. The number of nitrogens with two attached hydrogens (primary N) is 1. The molecule has 132 valence electrons. The van der Waals surface area contributed by atoms with Gasteiger partial charge in [0.2, 0.25) is 0 Å². The standard InChI is InChI=1S/C18H25N3OS.HI/c19-18(21-12-10-17-9-6-14-23-17)20-11-4-5-13-22-15-16-7-2-1-3-8-16;/h1-3,6-9,14H,4-5,10-13,15H2,(H3,19,20,21);1H. The van der Waals surface area contributed by atoms with Crippen LogP contribution < -0.4 is 11.1 Å². The number of guanidine groups is 1. The molecule has 3 N–H and O–H groups in total. The van der Waals surface area contributed by atoms with E-state index in [0.29, 0.717) is 12.6 Å². The minimum atomic E-state index is 0. The van der Waals surface area contributed by atoms with Gasteiger partial charge < -0.3 is 15.8 Å². The second-order valence-corrected chi connectivity index (χ2v) is 6.30. The van der Waals surface area contributed by atoms with Crippen molar-refractivity contribution >= 4 is 41.3 Å². The van der Waals surface area contributed by atoms with Crippen LogP contribution in [0.1, 0.15) is 23.3 Å². The van der Waals surface area contributed by atoms with Gasteiger partial charge in [0, 0.05) is 24.6 Å². The van der Waals surface area contributed by atoms with E-state index in [1.165, 1.54) is 10.4 Å². The molecule has 0 saturated carbocycles. The van der Waals surface area contributed by atoms with Crippen LogP contribution in [0.3, 0.4) is 0 Å². The van der Waals surface area contributed by atoms with Gasteiger partial charge in [-0.05, 0) is 36.3 Å². The highest BCUT2D eigenvalue weighted by Gasteiger charge is 1.96. The fourth-order valence-corrected chi connectivity index (χ4v) is 2.81. The maximum Gasteiger partial charge on any atom is 0.188 e. The Labute approximate surface area is 165 Å². The third-order valence-corrected chi connectivity index (χ3v) is 4.28. The molecule has 2 aromatic rings. The minimum Gasteiger partial charge on any atom is -0.377 e. The molecule has 1 aromatic heterocycles. The van der Waals surface area contributed by atoms with Gasteiger partial charge in [-0.25, -0.2) is 0 Å². The summed E-state index contributed by atoms with van der Waals surface area (Å²) in [5.74, 6) is 0.534. The lowest BCUT2D eigenvalue weighted by Gasteiger charge is -2.05. The third-order valence-electron chi connectivity index (χ3n) is 3.35. The van der Waals surface area contributed by atoms with Gasteiger partial charge in [-0.1, -0.05) is 36.4 Å². The molecular weight excluding hydrogens is 433 g/mol. The topological polar surface area (TPSA) is 59.6 Å². The van der Waals surface area contributed by atoms with Crippen LogP contribution in [0.5, 0.6) is 0 Å². The highest BCUT2D eigenvalue weighted by molar-refractivity contribution is 14.0. The number of halogens is 1. The van der Waals surface area contributed by atoms with E-state index in [1.807, 2.05) is 18.2 Å². The first-order valence-corrected chi connectivity index (χ1v) is 8.90.